The molecule has 0 radical (unpaired) electrons. The van der Waals surface area contributed by atoms with Gasteiger partial charge in [0.25, 0.3) is 0 Å². The van der Waals surface area contributed by atoms with Gasteiger partial charge in [-0.2, -0.15) is 0 Å². The van der Waals surface area contributed by atoms with Gasteiger partial charge in [0.1, 0.15) is 17.2 Å². The van der Waals surface area contributed by atoms with Crippen LogP contribution in [0.3, 0.4) is 0 Å². The molecule has 0 heterocycles. The third kappa shape index (κ3) is 6.06. The van der Waals surface area contributed by atoms with E-state index in [2.05, 4.69) is 15.6 Å². The van der Waals surface area contributed by atoms with Gasteiger partial charge in [0, 0.05) is 24.7 Å². The van der Waals surface area contributed by atoms with Gasteiger partial charge in [0.2, 0.25) is 0 Å². The van der Waals surface area contributed by atoms with Crippen LogP contribution in [0.1, 0.15) is 24.2 Å². The summed E-state index contributed by atoms with van der Waals surface area (Å²) < 4.78 is 15.9. The number of guanidine groups is 1. The maximum Gasteiger partial charge on any atom is 0.191 e. The summed E-state index contributed by atoms with van der Waals surface area (Å²) in [6.45, 7) is 3.45. The predicted molar refractivity (Wildman–Crippen MR) is 110 cm³/mol. The third-order valence-electron chi connectivity index (χ3n) is 4.17. The van der Waals surface area contributed by atoms with Crippen LogP contribution in [-0.4, -0.2) is 45.5 Å². The van der Waals surface area contributed by atoms with Crippen molar-refractivity contribution in [3.8, 4) is 17.2 Å². The lowest BCUT2D eigenvalue weighted by molar-refractivity contribution is 0.180. The fraction of sp³-hybridized carbons (Fsp3) is 0.381. The van der Waals surface area contributed by atoms with Crippen molar-refractivity contribution in [3.63, 3.8) is 0 Å². The molecule has 2 aromatic carbocycles. The molecule has 7 heteroatoms. The highest BCUT2D eigenvalue weighted by Crippen LogP contribution is 2.26. The maximum absolute atomic E-state index is 10.6. The van der Waals surface area contributed by atoms with E-state index in [4.69, 9.17) is 14.2 Å². The Bertz CT molecular complexity index is 758. The fourth-order valence-corrected chi connectivity index (χ4v) is 2.67. The molecule has 0 spiro atoms. The molecule has 0 saturated carbocycles. The molecule has 1 atom stereocenters. The zero-order valence-corrected chi connectivity index (χ0v) is 16.9. The second-order valence-electron chi connectivity index (χ2n) is 6.05. The predicted octanol–water partition coefficient (Wildman–Crippen LogP) is 2.50. The van der Waals surface area contributed by atoms with Gasteiger partial charge in [-0.3, -0.25) is 0 Å². The lowest BCUT2D eigenvalue weighted by Gasteiger charge is -2.17. The Hall–Kier alpha value is -2.93. The summed E-state index contributed by atoms with van der Waals surface area (Å²) in [4.78, 5) is 4.58. The van der Waals surface area contributed by atoms with E-state index in [1.165, 1.54) is 0 Å². The first-order chi connectivity index (χ1) is 13.6. The van der Waals surface area contributed by atoms with Crippen LogP contribution in [-0.2, 0) is 6.54 Å². The minimum absolute atomic E-state index is 0.286. The van der Waals surface area contributed by atoms with E-state index < -0.39 is 6.10 Å². The summed E-state index contributed by atoms with van der Waals surface area (Å²) in [6, 6.07) is 13.1. The second kappa shape index (κ2) is 11.0. The molecule has 0 aliphatic heterocycles. The van der Waals surface area contributed by atoms with Crippen LogP contribution < -0.4 is 24.8 Å². The quantitative estimate of drug-likeness (QED) is 0.453. The van der Waals surface area contributed by atoms with Crippen LogP contribution in [0, 0.1) is 0 Å². The van der Waals surface area contributed by atoms with Gasteiger partial charge in [-0.15, -0.1) is 0 Å². The largest absolute Gasteiger partial charge is 0.497 e. The first-order valence-electron chi connectivity index (χ1n) is 9.16. The van der Waals surface area contributed by atoms with E-state index in [1.54, 1.807) is 39.5 Å². The van der Waals surface area contributed by atoms with E-state index in [0.29, 0.717) is 36.1 Å². The minimum atomic E-state index is -0.751. The van der Waals surface area contributed by atoms with Crippen molar-refractivity contribution in [2.24, 2.45) is 4.99 Å². The highest BCUT2D eigenvalue weighted by molar-refractivity contribution is 5.79. The van der Waals surface area contributed by atoms with Crippen LogP contribution in [0.2, 0.25) is 0 Å². The van der Waals surface area contributed by atoms with Crippen molar-refractivity contribution in [1.29, 1.82) is 0 Å². The number of nitrogens with zero attached hydrogens (tertiary/aromatic N) is 1. The first kappa shape index (κ1) is 21.4. The van der Waals surface area contributed by atoms with Gasteiger partial charge >= 0.3 is 0 Å². The molecule has 7 nitrogen and oxygen atoms in total. The topological polar surface area (TPSA) is 84.3 Å². The third-order valence-corrected chi connectivity index (χ3v) is 4.17. The molecular weight excluding hydrogens is 358 g/mol. The van der Waals surface area contributed by atoms with Gasteiger partial charge in [-0.25, -0.2) is 4.99 Å². The van der Waals surface area contributed by atoms with Crippen molar-refractivity contribution in [1.82, 2.24) is 10.6 Å². The van der Waals surface area contributed by atoms with Crippen molar-refractivity contribution < 1.29 is 19.3 Å². The van der Waals surface area contributed by atoms with Gasteiger partial charge in [-0.1, -0.05) is 18.2 Å². The summed E-state index contributed by atoms with van der Waals surface area (Å²) in [7, 11) is 4.80. The molecule has 0 fully saturated rings. The van der Waals surface area contributed by atoms with Gasteiger partial charge in [-0.05, 0) is 30.7 Å². The molecule has 1 unspecified atom stereocenters. The molecule has 0 saturated heterocycles. The van der Waals surface area contributed by atoms with Crippen molar-refractivity contribution in [3.05, 3.63) is 53.6 Å². The number of rotatable bonds is 9. The molecule has 0 amide bonds. The van der Waals surface area contributed by atoms with Gasteiger partial charge in [0.05, 0.1) is 34.0 Å². The molecule has 2 aromatic rings. The van der Waals surface area contributed by atoms with Crippen molar-refractivity contribution in [2.45, 2.75) is 19.6 Å². The minimum Gasteiger partial charge on any atom is -0.497 e. The van der Waals surface area contributed by atoms with Crippen LogP contribution in [0.4, 0.5) is 0 Å². The van der Waals surface area contributed by atoms with E-state index in [1.807, 2.05) is 31.2 Å². The number of methoxy groups -OCH3 is 3. The van der Waals surface area contributed by atoms with E-state index in [9.17, 15) is 5.11 Å². The molecule has 0 bridgehead atoms. The number of benzene rings is 2. The van der Waals surface area contributed by atoms with Crippen LogP contribution in [0.5, 0.6) is 17.2 Å². The summed E-state index contributed by atoms with van der Waals surface area (Å²) in [5.41, 5.74) is 1.68. The Morgan fingerprint density at radius 2 is 1.68 bits per heavy atom. The summed E-state index contributed by atoms with van der Waals surface area (Å²) in [5.74, 6) is 2.67. The van der Waals surface area contributed by atoms with E-state index >= 15 is 0 Å². The number of para-hydroxylation sites is 1. The zero-order chi connectivity index (χ0) is 20.4. The van der Waals surface area contributed by atoms with Crippen LogP contribution >= 0.6 is 0 Å². The Kier molecular flexibility index (Phi) is 8.42. The van der Waals surface area contributed by atoms with E-state index in [-0.39, 0.29) is 6.54 Å². The maximum atomic E-state index is 10.6. The summed E-state index contributed by atoms with van der Waals surface area (Å²) in [5, 5.41) is 16.9. The Labute approximate surface area is 166 Å². The molecule has 2 rings (SSSR count). The Morgan fingerprint density at radius 3 is 2.29 bits per heavy atom. The number of aliphatic hydroxyl groups is 1. The summed E-state index contributed by atoms with van der Waals surface area (Å²) >= 11 is 0. The first-order valence-corrected chi connectivity index (χ1v) is 9.16. The lowest BCUT2D eigenvalue weighted by Crippen LogP contribution is -2.39. The standard InChI is InChI=1S/C21H29N3O4/c1-5-22-21(23-13-15-8-6-7-9-20(15)28-4)24-14-19(25)16-10-17(26-2)12-18(11-16)27-3/h6-12,19,25H,5,13-14H2,1-4H3,(H2,22,23,24). The highest BCUT2D eigenvalue weighted by Gasteiger charge is 2.12. The molecule has 28 heavy (non-hydrogen) atoms. The molecular formula is C21H29N3O4. The second-order valence-corrected chi connectivity index (χ2v) is 6.05. The number of hydrogen-bond acceptors (Lipinski definition) is 5. The molecule has 152 valence electrons. The SMILES string of the molecule is CCNC(=NCc1ccccc1OC)NCC(O)c1cc(OC)cc(OC)c1. The number of nitrogens with one attached hydrogen (secondary N) is 2. The Morgan fingerprint density at radius 1 is 1.00 bits per heavy atom. The highest BCUT2D eigenvalue weighted by atomic mass is 16.5. The van der Waals surface area contributed by atoms with Crippen molar-refractivity contribution >= 4 is 5.96 Å². The van der Waals surface area contributed by atoms with E-state index in [0.717, 1.165) is 11.3 Å². The van der Waals surface area contributed by atoms with Gasteiger partial charge in [0.15, 0.2) is 5.96 Å². The molecule has 0 aliphatic rings. The van der Waals surface area contributed by atoms with Crippen LogP contribution in [0.25, 0.3) is 0 Å². The zero-order valence-electron chi connectivity index (χ0n) is 16.9. The normalized spacial score (nSPS) is 12.2. The fourth-order valence-electron chi connectivity index (χ4n) is 2.67. The Balaban J connectivity index is 2.06. The molecule has 0 aromatic heterocycles. The lowest BCUT2D eigenvalue weighted by atomic mass is 10.1. The molecule has 3 N–H and O–H groups in total. The average Bonchev–Trinajstić information content (AvgIpc) is 2.75. The smallest absolute Gasteiger partial charge is 0.191 e. The number of aliphatic hydroxyl groups excluding tert-OH is 1. The number of hydrogen-bond donors (Lipinski definition) is 3. The average molecular weight is 387 g/mol. The summed E-state index contributed by atoms with van der Waals surface area (Å²) in [6.07, 6.45) is -0.751. The number of aliphatic imine (C=N–C) groups is 1. The number of ether oxygens (including phenoxy) is 3. The van der Waals surface area contributed by atoms with Crippen LogP contribution in [0.15, 0.2) is 47.5 Å². The van der Waals surface area contributed by atoms with Crippen molar-refractivity contribution in [2.75, 3.05) is 34.4 Å². The molecule has 0 aliphatic carbocycles. The van der Waals surface area contributed by atoms with Gasteiger partial charge < -0.3 is 30.0 Å². The monoisotopic (exact) mass is 387 g/mol.